The predicted molar refractivity (Wildman–Crippen MR) is 51.6 cm³/mol. The lowest BCUT2D eigenvalue weighted by Crippen LogP contribution is -1.91. The van der Waals surface area contributed by atoms with Crippen LogP contribution < -0.4 is 4.74 Å². The molecule has 82 valence electrons. The third kappa shape index (κ3) is 2.11. The highest BCUT2D eigenvalue weighted by atomic mass is 16.6. The molecule has 0 saturated heterocycles. The number of rotatable bonds is 3. The van der Waals surface area contributed by atoms with Crippen molar-refractivity contribution in [1.29, 1.82) is 0 Å². The normalized spacial score (nSPS) is 10.0. The Kier molecular flexibility index (Phi) is 2.47. The van der Waals surface area contributed by atoms with Crippen LogP contribution in [-0.2, 0) is 0 Å². The molecule has 16 heavy (non-hydrogen) atoms. The molecule has 0 atom stereocenters. The number of aromatic carboxylic acids is 1. The molecule has 1 heterocycles. The molecular weight excluding hydrogens is 214 g/mol. The molecule has 0 saturated carbocycles. The Balaban J connectivity index is 2.14. The van der Waals surface area contributed by atoms with E-state index in [0.717, 1.165) is 6.20 Å². The molecule has 0 aliphatic carbocycles. The first-order valence-corrected chi connectivity index (χ1v) is 4.31. The lowest BCUT2D eigenvalue weighted by molar-refractivity contribution is 0.0657. The van der Waals surface area contributed by atoms with E-state index in [1.165, 1.54) is 24.3 Å². The number of ether oxygens (including phenoxy) is 1. The maximum Gasteiger partial charge on any atom is 0.399 e. The zero-order valence-electron chi connectivity index (χ0n) is 7.95. The van der Waals surface area contributed by atoms with E-state index in [0.29, 0.717) is 5.75 Å². The second-order valence-electron chi connectivity index (χ2n) is 2.89. The summed E-state index contributed by atoms with van der Waals surface area (Å²) in [6.45, 7) is 0. The highest BCUT2D eigenvalue weighted by Gasteiger charge is 2.11. The SMILES string of the molecule is O=C(O)c1cnc(Oc2ccc(O)cc2)o1. The lowest BCUT2D eigenvalue weighted by Gasteiger charge is -1.99. The number of carboxylic acid groups (broad SMARTS) is 1. The van der Waals surface area contributed by atoms with Crippen molar-refractivity contribution in [3.63, 3.8) is 0 Å². The van der Waals surface area contributed by atoms with Gasteiger partial charge in [0.05, 0.1) is 6.20 Å². The van der Waals surface area contributed by atoms with Crippen molar-refractivity contribution >= 4 is 5.97 Å². The van der Waals surface area contributed by atoms with Gasteiger partial charge in [-0.25, -0.2) is 4.79 Å². The summed E-state index contributed by atoms with van der Waals surface area (Å²) in [5, 5.41) is 17.6. The minimum Gasteiger partial charge on any atom is -0.508 e. The largest absolute Gasteiger partial charge is 0.508 e. The Hall–Kier alpha value is -2.50. The molecule has 6 heteroatoms. The van der Waals surface area contributed by atoms with Gasteiger partial charge in [0.15, 0.2) is 0 Å². The number of hydrogen-bond acceptors (Lipinski definition) is 5. The average Bonchev–Trinajstić information content (AvgIpc) is 2.70. The Morgan fingerprint density at radius 3 is 2.56 bits per heavy atom. The molecule has 0 radical (unpaired) electrons. The number of oxazole rings is 1. The predicted octanol–water partition coefficient (Wildman–Crippen LogP) is 1.87. The summed E-state index contributed by atoms with van der Waals surface area (Å²) in [5.41, 5.74) is 0. The summed E-state index contributed by atoms with van der Waals surface area (Å²) in [7, 11) is 0. The lowest BCUT2D eigenvalue weighted by atomic mass is 10.3. The number of benzene rings is 1. The molecular formula is C10H7NO5. The van der Waals surface area contributed by atoms with E-state index in [1.807, 2.05) is 0 Å². The highest BCUT2D eigenvalue weighted by molar-refractivity contribution is 5.83. The Bertz CT molecular complexity index is 502. The number of phenolic OH excluding ortho intramolecular Hbond substituents is 1. The summed E-state index contributed by atoms with van der Waals surface area (Å²) < 4.78 is 9.90. The second kappa shape index (κ2) is 3.93. The van der Waals surface area contributed by atoms with E-state index >= 15 is 0 Å². The molecule has 1 aromatic carbocycles. The van der Waals surface area contributed by atoms with Crippen molar-refractivity contribution in [2.45, 2.75) is 0 Å². The van der Waals surface area contributed by atoms with Crippen LogP contribution in [0.2, 0.25) is 0 Å². The number of carbonyl (C=O) groups is 1. The zero-order valence-corrected chi connectivity index (χ0v) is 7.95. The molecule has 2 aromatic rings. The van der Waals surface area contributed by atoms with Crippen LogP contribution in [-0.4, -0.2) is 21.2 Å². The van der Waals surface area contributed by atoms with E-state index in [4.69, 9.17) is 19.4 Å². The zero-order chi connectivity index (χ0) is 11.5. The van der Waals surface area contributed by atoms with Crippen LogP contribution in [0.25, 0.3) is 0 Å². The number of hydrogen-bond donors (Lipinski definition) is 2. The van der Waals surface area contributed by atoms with E-state index in [2.05, 4.69) is 4.98 Å². The van der Waals surface area contributed by atoms with Gasteiger partial charge in [0.1, 0.15) is 11.5 Å². The summed E-state index contributed by atoms with van der Waals surface area (Å²) in [5.74, 6) is -1.02. The Morgan fingerprint density at radius 1 is 1.31 bits per heavy atom. The molecule has 1 aromatic heterocycles. The molecule has 0 spiro atoms. The minimum atomic E-state index is -1.21. The standard InChI is InChI=1S/C10H7NO5/c12-6-1-3-7(4-2-6)15-10-11-5-8(16-10)9(13)14/h1-5,12H,(H,13,14). The fourth-order valence-corrected chi connectivity index (χ4v) is 1.02. The highest BCUT2D eigenvalue weighted by Crippen LogP contribution is 2.22. The van der Waals surface area contributed by atoms with Crippen molar-refractivity contribution < 1.29 is 24.2 Å². The summed E-state index contributed by atoms with van der Waals surface area (Å²) >= 11 is 0. The fraction of sp³-hybridized carbons (Fsp3) is 0. The van der Waals surface area contributed by atoms with Gasteiger partial charge in [0.25, 0.3) is 0 Å². The van der Waals surface area contributed by atoms with Crippen molar-refractivity contribution in [2.24, 2.45) is 0 Å². The van der Waals surface area contributed by atoms with Gasteiger partial charge in [-0.05, 0) is 24.3 Å². The molecule has 2 rings (SSSR count). The quantitative estimate of drug-likeness (QED) is 0.821. The molecule has 0 bridgehead atoms. The molecule has 0 unspecified atom stereocenters. The van der Waals surface area contributed by atoms with Gasteiger partial charge in [-0.2, -0.15) is 4.98 Å². The average molecular weight is 221 g/mol. The number of aromatic hydroxyl groups is 1. The number of aromatic nitrogens is 1. The van der Waals surface area contributed by atoms with Crippen molar-refractivity contribution in [2.75, 3.05) is 0 Å². The maximum absolute atomic E-state index is 10.5. The third-order valence-corrected chi connectivity index (χ3v) is 1.74. The van der Waals surface area contributed by atoms with Gasteiger partial charge < -0.3 is 19.4 Å². The van der Waals surface area contributed by atoms with E-state index in [1.54, 1.807) is 0 Å². The van der Waals surface area contributed by atoms with Gasteiger partial charge in [-0.15, -0.1) is 0 Å². The first kappa shape index (κ1) is 10.0. The molecule has 2 N–H and O–H groups in total. The van der Waals surface area contributed by atoms with E-state index < -0.39 is 5.97 Å². The van der Waals surface area contributed by atoms with Gasteiger partial charge in [-0.1, -0.05) is 0 Å². The fourth-order valence-electron chi connectivity index (χ4n) is 1.02. The maximum atomic E-state index is 10.5. The van der Waals surface area contributed by atoms with Gasteiger partial charge in [-0.3, -0.25) is 0 Å². The van der Waals surface area contributed by atoms with Crippen molar-refractivity contribution in [1.82, 2.24) is 4.98 Å². The van der Waals surface area contributed by atoms with Crippen LogP contribution in [0, 0.1) is 0 Å². The van der Waals surface area contributed by atoms with Crippen LogP contribution in [0.15, 0.2) is 34.9 Å². The van der Waals surface area contributed by atoms with Gasteiger partial charge >= 0.3 is 12.0 Å². The summed E-state index contributed by atoms with van der Waals surface area (Å²) in [6.07, 6.45) is 0.890. The third-order valence-electron chi connectivity index (χ3n) is 1.74. The van der Waals surface area contributed by atoms with Crippen molar-refractivity contribution in [3.8, 4) is 17.6 Å². The first-order valence-electron chi connectivity index (χ1n) is 4.31. The van der Waals surface area contributed by atoms with Gasteiger partial charge in [0, 0.05) is 0 Å². The Morgan fingerprint density at radius 2 is 2.00 bits per heavy atom. The topological polar surface area (TPSA) is 92.8 Å². The van der Waals surface area contributed by atoms with E-state index in [-0.39, 0.29) is 17.6 Å². The van der Waals surface area contributed by atoms with Crippen LogP contribution in [0.1, 0.15) is 10.6 Å². The molecule has 0 aliphatic rings. The Labute approximate surface area is 89.7 Å². The van der Waals surface area contributed by atoms with Crippen LogP contribution in [0.3, 0.4) is 0 Å². The first-order chi connectivity index (χ1) is 7.65. The molecule has 0 amide bonds. The van der Waals surface area contributed by atoms with Gasteiger partial charge in [0.2, 0.25) is 5.76 Å². The summed E-state index contributed by atoms with van der Waals surface area (Å²) in [6, 6.07) is 5.85. The monoisotopic (exact) mass is 221 g/mol. The molecule has 0 aliphatic heterocycles. The van der Waals surface area contributed by atoms with Crippen LogP contribution in [0.5, 0.6) is 17.6 Å². The molecule has 6 nitrogen and oxygen atoms in total. The van der Waals surface area contributed by atoms with Crippen LogP contribution >= 0.6 is 0 Å². The smallest absolute Gasteiger partial charge is 0.399 e. The minimum absolute atomic E-state index is 0.103. The summed E-state index contributed by atoms with van der Waals surface area (Å²) in [4.78, 5) is 14.1. The number of nitrogens with zero attached hydrogens (tertiary/aromatic N) is 1. The molecule has 0 fully saturated rings. The van der Waals surface area contributed by atoms with Crippen LogP contribution in [0.4, 0.5) is 0 Å². The van der Waals surface area contributed by atoms with Crippen molar-refractivity contribution in [3.05, 3.63) is 36.2 Å². The van der Waals surface area contributed by atoms with E-state index in [9.17, 15) is 4.79 Å². The number of phenols is 1. The second-order valence-corrected chi connectivity index (χ2v) is 2.89. The number of carboxylic acids is 1.